The van der Waals surface area contributed by atoms with Gasteiger partial charge in [-0.3, -0.25) is 0 Å². The van der Waals surface area contributed by atoms with E-state index in [-0.39, 0.29) is 11.6 Å². The van der Waals surface area contributed by atoms with E-state index in [0.717, 1.165) is 19.4 Å². The predicted octanol–water partition coefficient (Wildman–Crippen LogP) is 4.67. The lowest BCUT2D eigenvalue weighted by Gasteiger charge is -2.36. The lowest BCUT2D eigenvalue weighted by molar-refractivity contribution is 0.318. The third-order valence-corrected chi connectivity index (χ3v) is 8.42. The third kappa shape index (κ3) is 7.70. The molecule has 3 heteroatoms. The average molecular weight is 285 g/mol. The summed E-state index contributed by atoms with van der Waals surface area (Å²) in [6.45, 7) is 16.5. The number of rotatable bonds is 7. The first-order valence-corrected chi connectivity index (χ1v) is 10.1. The van der Waals surface area contributed by atoms with Gasteiger partial charge in [0.2, 0.25) is 0 Å². The largest absolute Gasteiger partial charge is 0.413 e. The van der Waals surface area contributed by atoms with E-state index in [4.69, 9.17) is 9.53 Å². The summed E-state index contributed by atoms with van der Waals surface area (Å²) in [7, 11) is -1.63. The van der Waals surface area contributed by atoms with Gasteiger partial charge in [-0.15, -0.1) is 0 Å². The molecule has 0 fully saturated rings. The molecule has 0 aliphatic heterocycles. The van der Waals surface area contributed by atoms with Gasteiger partial charge in [-0.2, -0.15) is 0 Å². The van der Waals surface area contributed by atoms with E-state index in [1.54, 1.807) is 0 Å². The summed E-state index contributed by atoms with van der Waals surface area (Å²) in [5, 5.41) is 9.06. The first kappa shape index (κ1) is 18.6. The van der Waals surface area contributed by atoms with E-state index in [1.807, 2.05) is 6.08 Å². The Kier molecular flexibility index (Phi) is 7.87. The molecule has 0 bridgehead atoms. The minimum atomic E-state index is -1.63. The van der Waals surface area contributed by atoms with E-state index in [9.17, 15) is 0 Å². The van der Waals surface area contributed by atoms with Crippen LogP contribution >= 0.6 is 0 Å². The second-order valence-corrected chi connectivity index (χ2v) is 11.7. The molecular formula is C16H32O2Si. The highest BCUT2D eigenvalue weighted by molar-refractivity contribution is 6.74. The number of hydrogen-bond acceptors (Lipinski definition) is 2. The fraction of sp³-hybridized carbons (Fsp3) is 0.750. The highest BCUT2D eigenvalue weighted by Gasteiger charge is 2.36. The molecule has 0 aliphatic rings. The Bertz CT molecular complexity index is 322. The van der Waals surface area contributed by atoms with Crippen LogP contribution in [-0.2, 0) is 4.43 Å². The molecule has 0 amide bonds. The molecule has 0 radical (unpaired) electrons. The Morgan fingerprint density at radius 2 is 1.68 bits per heavy atom. The molecule has 0 aromatic heterocycles. The minimum absolute atomic E-state index is 0.142. The van der Waals surface area contributed by atoms with Crippen LogP contribution in [-0.4, -0.2) is 26.6 Å². The Hall–Kier alpha value is -0.383. The zero-order valence-corrected chi connectivity index (χ0v) is 14.8. The van der Waals surface area contributed by atoms with Gasteiger partial charge in [0.05, 0.1) is 13.2 Å². The molecular weight excluding hydrogens is 252 g/mol. The van der Waals surface area contributed by atoms with Gasteiger partial charge in [-0.25, -0.2) is 0 Å². The van der Waals surface area contributed by atoms with Crippen LogP contribution in [0.1, 0.15) is 47.5 Å². The van der Waals surface area contributed by atoms with Crippen LogP contribution in [0, 0.1) is 0 Å². The molecule has 0 spiro atoms. The molecule has 2 nitrogen and oxygen atoms in total. The summed E-state index contributed by atoms with van der Waals surface area (Å²) >= 11 is 0. The Labute approximate surface area is 120 Å². The fourth-order valence-corrected chi connectivity index (χ4v) is 2.40. The van der Waals surface area contributed by atoms with Crippen LogP contribution in [0.25, 0.3) is 0 Å². The van der Waals surface area contributed by atoms with Crippen molar-refractivity contribution in [3.63, 3.8) is 0 Å². The van der Waals surface area contributed by atoms with Gasteiger partial charge in [0.15, 0.2) is 8.32 Å². The standard InChI is InChI=1S/C16H32O2Si/c1-14(11-12-17)9-8-10-15(2)13-18-19(6,7)16(3,4)5/h10-11,17H,8-9,12-13H2,1-7H3. The minimum Gasteiger partial charge on any atom is -0.413 e. The average Bonchev–Trinajstić information content (AvgIpc) is 2.25. The second-order valence-electron chi connectivity index (χ2n) is 6.87. The van der Waals surface area contributed by atoms with Gasteiger partial charge in [-0.1, -0.05) is 44.1 Å². The van der Waals surface area contributed by atoms with Gasteiger partial charge in [0.25, 0.3) is 0 Å². The maximum atomic E-state index is 8.79. The van der Waals surface area contributed by atoms with Gasteiger partial charge in [0, 0.05) is 0 Å². The first-order chi connectivity index (χ1) is 8.60. The normalized spacial score (nSPS) is 14.9. The zero-order chi connectivity index (χ0) is 15.1. The van der Waals surface area contributed by atoms with E-state index in [1.165, 1.54) is 11.1 Å². The van der Waals surface area contributed by atoms with E-state index in [2.05, 4.69) is 53.8 Å². The summed E-state index contributed by atoms with van der Waals surface area (Å²) in [5.74, 6) is 0. The van der Waals surface area contributed by atoms with Gasteiger partial charge in [0.1, 0.15) is 0 Å². The second kappa shape index (κ2) is 8.03. The molecule has 0 rings (SSSR count). The monoisotopic (exact) mass is 284 g/mol. The van der Waals surface area contributed by atoms with Crippen LogP contribution in [0.4, 0.5) is 0 Å². The lowest BCUT2D eigenvalue weighted by Crippen LogP contribution is -2.41. The first-order valence-electron chi connectivity index (χ1n) is 7.16. The molecule has 0 unspecified atom stereocenters. The number of allylic oxidation sites excluding steroid dienone is 2. The Morgan fingerprint density at radius 3 is 2.16 bits per heavy atom. The Balaban J connectivity index is 4.18. The molecule has 19 heavy (non-hydrogen) atoms. The van der Waals surface area contributed by atoms with Crippen LogP contribution in [0.3, 0.4) is 0 Å². The van der Waals surface area contributed by atoms with Crippen molar-refractivity contribution >= 4 is 8.32 Å². The maximum absolute atomic E-state index is 8.79. The topological polar surface area (TPSA) is 29.5 Å². The Morgan fingerprint density at radius 1 is 1.11 bits per heavy atom. The van der Waals surface area contributed by atoms with Crippen molar-refractivity contribution in [2.45, 2.75) is 65.6 Å². The van der Waals surface area contributed by atoms with Crippen molar-refractivity contribution in [3.05, 3.63) is 23.3 Å². The summed E-state index contributed by atoms with van der Waals surface area (Å²) < 4.78 is 6.18. The summed E-state index contributed by atoms with van der Waals surface area (Å²) in [5.41, 5.74) is 2.55. The smallest absolute Gasteiger partial charge is 0.192 e. The van der Waals surface area contributed by atoms with Gasteiger partial charge in [-0.05, 0) is 44.8 Å². The molecule has 0 saturated carbocycles. The predicted molar refractivity (Wildman–Crippen MR) is 87.0 cm³/mol. The molecule has 0 saturated heterocycles. The fourth-order valence-electron chi connectivity index (χ4n) is 1.37. The van der Waals surface area contributed by atoms with Crippen molar-refractivity contribution in [1.82, 2.24) is 0 Å². The number of hydrogen-bond donors (Lipinski definition) is 1. The van der Waals surface area contributed by atoms with E-state index < -0.39 is 8.32 Å². The van der Waals surface area contributed by atoms with Crippen LogP contribution in [0.2, 0.25) is 18.1 Å². The van der Waals surface area contributed by atoms with E-state index in [0.29, 0.717) is 0 Å². The van der Waals surface area contributed by atoms with Gasteiger partial charge < -0.3 is 9.53 Å². The molecule has 0 heterocycles. The van der Waals surface area contributed by atoms with Crippen LogP contribution in [0.15, 0.2) is 23.3 Å². The van der Waals surface area contributed by atoms with Crippen molar-refractivity contribution in [3.8, 4) is 0 Å². The van der Waals surface area contributed by atoms with Crippen LogP contribution in [0.5, 0.6) is 0 Å². The molecule has 112 valence electrons. The number of aliphatic hydroxyl groups is 1. The van der Waals surface area contributed by atoms with Gasteiger partial charge >= 0.3 is 0 Å². The molecule has 0 aliphatic carbocycles. The lowest BCUT2D eigenvalue weighted by atomic mass is 10.1. The van der Waals surface area contributed by atoms with Crippen molar-refractivity contribution in [2.75, 3.05) is 13.2 Å². The van der Waals surface area contributed by atoms with Crippen LogP contribution < -0.4 is 0 Å². The maximum Gasteiger partial charge on any atom is 0.192 e. The van der Waals surface area contributed by atoms with E-state index >= 15 is 0 Å². The number of aliphatic hydroxyl groups excluding tert-OH is 1. The SMILES string of the molecule is CC(=CCO)CCC=C(C)CO[Si](C)(C)C(C)(C)C. The summed E-state index contributed by atoms with van der Waals surface area (Å²) in [6, 6.07) is 0. The third-order valence-electron chi connectivity index (χ3n) is 3.94. The molecule has 0 aromatic rings. The molecule has 0 aromatic carbocycles. The van der Waals surface area contributed by atoms with Crippen molar-refractivity contribution < 1.29 is 9.53 Å². The zero-order valence-electron chi connectivity index (χ0n) is 13.8. The van der Waals surface area contributed by atoms with Crippen molar-refractivity contribution in [1.29, 1.82) is 0 Å². The quantitative estimate of drug-likeness (QED) is 0.543. The highest BCUT2D eigenvalue weighted by atomic mass is 28.4. The highest BCUT2D eigenvalue weighted by Crippen LogP contribution is 2.36. The van der Waals surface area contributed by atoms with Crippen molar-refractivity contribution in [2.24, 2.45) is 0 Å². The summed E-state index contributed by atoms with van der Waals surface area (Å²) in [4.78, 5) is 0. The summed E-state index contributed by atoms with van der Waals surface area (Å²) in [6.07, 6.45) is 6.16. The molecule has 0 atom stereocenters. The molecule has 1 N–H and O–H groups in total.